The molecule has 9 heteroatoms. The molecule has 0 amide bonds. The Kier molecular flexibility index (Phi) is 5.12. The maximum atomic E-state index is 12.9. The van der Waals surface area contributed by atoms with Gasteiger partial charge in [-0.1, -0.05) is 26.8 Å². The molecule has 154 valence electrons. The summed E-state index contributed by atoms with van der Waals surface area (Å²) in [6.07, 6.45) is -6.17. The zero-order chi connectivity index (χ0) is 21.6. The summed E-state index contributed by atoms with van der Waals surface area (Å²) >= 11 is 0. The van der Waals surface area contributed by atoms with E-state index >= 15 is 0 Å². The lowest BCUT2D eigenvalue weighted by molar-refractivity contribution is -0.146. The average Bonchev–Trinajstić information content (AvgIpc) is 3.03. The third-order valence-electron chi connectivity index (χ3n) is 4.50. The number of rotatable bonds is 4. The molecule has 6 nitrogen and oxygen atoms in total. The molecule has 29 heavy (non-hydrogen) atoms. The van der Waals surface area contributed by atoms with Crippen LogP contribution in [0.5, 0.6) is 0 Å². The molecular formula is C20H20F3N3O3. The van der Waals surface area contributed by atoms with Crippen LogP contribution in [-0.4, -0.2) is 37.3 Å². The van der Waals surface area contributed by atoms with E-state index in [1.165, 1.54) is 10.9 Å². The van der Waals surface area contributed by atoms with Gasteiger partial charge < -0.3 is 10.2 Å². The first-order valence-electron chi connectivity index (χ1n) is 8.84. The summed E-state index contributed by atoms with van der Waals surface area (Å²) in [5.41, 5.74) is 1.15. The van der Waals surface area contributed by atoms with Crippen LogP contribution in [0, 0.1) is 0 Å². The van der Waals surface area contributed by atoms with Gasteiger partial charge in [0, 0.05) is 6.42 Å². The van der Waals surface area contributed by atoms with E-state index in [0.29, 0.717) is 16.8 Å². The number of carboxylic acids is 1. The fraction of sp³-hybridized carbons (Fsp3) is 0.350. The Labute approximate surface area is 164 Å². The number of nitrogens with zero attached hydrogens (tertiary/aromatic N) is 3. The standard InChI is InChI=1S/C20H20F3N3O3/c1-19(2,3)13-6-11(8-17(27)18(28)29)7-14(9-13)26-24-15-5-4-12(20(21,22)23)10-16(15)25-26/h4-7,9-10,17,27H,8H2,1-3H3,(H,28,29). The molecule has 3 aromatic rings. The Morgan fingerprint density at radius 3 is 2.28 bits per heavy atom. The number of hydrogen-bond donors (Lipinski definition) is 2. The zero-order valence-electron chi connectivity index (χ0n) is 16.0. The summed E-state index contributed by atoms with van der Waals surface area (Å²) in [4.78, 5) is 12.2. The van der Waals surface area contributed by atoms with Gasteiger partial charge in [-0.05, 0) is 46.9 Å². The van der Waals surface area contributed by atoms with E-state index in [4.69, 9.17) is 5.11 Å². The number of aliphatic hydroxyl groups is 1. The lowest BCUT2D eigenvalue weighted by Gasteiger charge is -2.21. The van der Waals surface area contributed by atoms with Gasteiger partial charge in [-0.15, -0.1) is 10.2 Å². The van der Waals surface area contributed by atoms with Crippen LogP contribution in [0.15, 0.2) is 36.4 Å². The SMILES string of the molecule is CC(C)(C)c1cc(CC(O)C(=O)O)cc(-n2nc3ccc(C(F)(F)F)cc3n2)c1. The molecule has 1 aromatic heterocycles. The molecule has 1 unspecified atom stereocenters. The fourth-order valence-corrected chi connectivity index (χ4v) is 2.86. The Hall–Kier alpha value is -2.94. The van der Waals surface area contributed by atoms with Crippen LogP contribution in [0.3, 0.4) is 0 Å². The molecule has 0 radical (unpaired) electrons. The van der Waals surface area contributed by atoms with Gasteiger partial charge in [0.25, 0.3) is 0 Å². The highest BCUT2D eigenvalue weighted by Crippen LogP contribution is 2.31. The normalized spacial score (nSPS) is 13.6. The molecule has 0 saturated carbocycles. The van der Waals surface area contributed by atoms with E-state index < -0.39 is 23.8 Å². The van der Waals surface area contributed by atoms with E-state index in [1.54, 1.807) is 18.2 Å². The number of benzene rings is 2. The number of carboxylic acid groups (broad SMARTS) is 1. The summed E-state index contributed by atoms with van der Waals surface area (Å²) < 4.78 is 38.8. The number of aromatic nitrogens is 3. The minimum atomic E-state index is -4.48. The van der Waals surface area contributed by atoms with E-state index in [9.17, 15) is 23.1 Å². The van der Waals surface area contributed by atoms with Gasteiger partial charge >= 0.3 is 12.1 Å². The van der Waals surface area contributed by atoms with Crippen molar-refractivity contribution in [2.45, 2.75) is 44.9 Å². The summed E-state index contributed by atoms with van der Waals surface area (Å²) in [7, 11) is 0. The van der Waals surface area contributed by atoms with Crippen molar-refractivity contribution in [2.75, 3.05) is 0 Å². The molecule has 0 fully saturated rings. The zero-order valence-corrected chi connectivity index (χ0v) is 16.0. The topological polar surface area (TPSA) is 88.2 Å². The first kappa shape index (κ1) is 20.8. The highest BCUT2D eigenvalue weighted by atomic mass is 19.4. The molecule has 2 N–H and O–H groups in total. The molecule has 2 aromatic carbocycles. The number of aliphatic hydroxyl groups excluding tert-OH is 1. The molecule has 0 saturated heterocycles. The van der Waals surface area contributed by atoms with Gasteiger partial charge in [0.2, 0.25) is 0 Å². The number of carbonyl (C=O) groups is 1. The number of aliphatic carboxylic acids is 1. The second-order valence-electron chi connectivity index (χ2n) is 7.89. The molecule has 1 heterocycles. The van der Waals surface area contributed by atoms with Crippen molar-refractivity contribution in [2.24, 2.45) is 0 Å². The van der Waals surface area contributed by atoms with Crippen molar-refractivity contribution in [3.8, 4) is 5.69 Å². The van der Waals surface area contributed by atoms with Crippen LogP contribution in [0.1, 0.15) is 37.5 Å². The van der Waals surface area contributed by atoms with Gasteiger partial charge in [0.1, 0.15) is 11.0 Å². The van der Waals surface area contributed by atoms with Gasteiger partial charge in [-0.2, -0.15) is 18.0 Å². The van der Waals surface area contributed by atoms with E-state index in [-0.39, 0.29) is 17.4 Å². The van der Waals surface area contributed by atoms with Crippen molar-refractivity contribution in [3.63, 3.8) is 0 Å². The highest BCUT2D eigenvalue weighted by Gasteiger charge is 2.31. The minimum absolute atomic E-state index is 0.0908. The molecule has 0 aliphatic rings. The largest absolute Gasteiger partial charge is 0.479 e. The van der Waals surface area contributed by atoms with Gasteiger partial charge in [0.15, 0.2) is 6.10 Å². The third kappa shape index (κ3) is 4.56. The molecule has 0 spiro atoms. The number of alkyl halides is 3. The number of fused-ring (bicyclic) bond motifs is 1. The minimum Gasteiger partial charge on any atom is -0.479 e. The number of halogens is 3. The smallest absolute Gasteiger partial charge is 0.416 e. The molecule has 0 aliphatic heterocycles. The maximum Gasteiger partial charge on any atom is 0.416 e. The summed E-state index contributed by atoms with van der Waals surface area (Å²) in [5.74, 6) is -1.34. The molecule has 3 rings (SSSR count). The van der Waals surface area contributed by atoms with Crippen LogP contribution < -0.4 is 0 Å². The van der Waals surface area contributed by atoms with Gasteiger partial charge in [-0.3, -0.25) is 0 Å². The summed E-state index contributed by atoms with van der Waals surface area (Å²) in [6.45, 7) is 5.89. The third-order valence-corrected chi connectivity index (χ3v) is 4.50. The van der Waals surface area contributed by atoms with Crippen LogP contribution in [-0.2, 0) is 22.8 Å². The van der Waals surface area contributed by atoms with E-state index in [1.807, 2.05) is 20.8 Å². The van der Waals surface area contributed by atoms with Crippen LogP contribution in [0.4, 0.5) is 13.2 Å². The molecule has 1 atom stereocenters. The van der Waals surface area contributed by atoms with Crippen LogP contribution in [0.2, 0.25) is 0 Å². The Morgan fingerprint density at radius 1 is 1.03 bits per heavy atom. The molecule has 0 bridgehead atoms. The number of hydrogen-bond acceptors (Lipinski definition) is 4. The predicted octanol–water partition coefficient (Wildman–Crippen LogP) is 3.72. The van der Waals surface area contributed by atoms with Crippen molar-refractivity contribution in [3.05, 3.63) is 53.1 Å². The van der Waals surface area contributed by atoms with Crippen molar-refractivity contribution >= 4 is 17.0 Å². The van der Waals surface area contributed by atoms with Crippen molar-refractivity contribution in [1.82, 2.24) is 15.0 Å². The van der Waals surface area contributed by atoms with Crippen molar-refractivity contribution < 1.29 is 28.2 Å². The Balaban J connectivity index is 2.10. The monoisotopic (exact) mass is 407 g/mol. The van der Waals surface area contributed by atoms with E-state index in [0.717, 1.165) is 17.7 Å². The molecule has 0 aliphatic carbocycles. The quantitative estimate of drug-likeness (QED) is 0.688. The second kappa shape index (κ2) is 7.14. The molecular weight excluding hydrogens is 387 g/mol. The predicted molar refractivity (Wildman–Crippen MR) is 99.9 cm³/mol. The highest BCUT2D eigenvalue weighted by molar-refractivity contribution is 5.75. The first-order valence-corrected chi connectivity index (χ1v) is 8.84. The average molecular weight is 407 g/mol. The first-order chi connectivity index (χ1) is 13.3. The summed E-state index contributed by atoms with van der Waals surface area (Å²) in [5, 5.41) is 27.1. The lowest BCUT2D eigenvalue weighted by Crippen LogP contribution is -2.22. The second-order valence-corrected chi connectivity index (χ2v) is 7.89. The van der Waals surface area contributed by atoms with Gasteiger partial charge in [-0.25, -0.2) is 4.79 Å². The summed E-state index contributed by atoms with van der Waals surface area (Å²) in [6, 6.07) is 8.33. The lowest BCUT2D eigenvalue weighted by atomic mass is 9.85. The van der Waals surface area contributed by atoms with E-state index in [2.05, 4.69) is 10.2 Å². The van der Waals surface area contributed by atoms with Gasteiger partial charge in [0.05, 0.1) is 11.3 Å². The Bertz CT molecular complexity index is 1070. The maximum absolute atomic E-state index is 12.9. The van der Waals surface area contributed by atoms with Crippen molar-refractivity contribution in [1.29, 1.82) is 0 Å². The van der Waals surface area contributed by atoms with Crippen LogP contribution >= 0.6 is 0 Å². The Morgan fingerprint density at radius 2 is 1.69 bits per heavy atom. The van der Waals surface area contributed by atoms with Crippen LogP contribution in [0.25, 0.3) is 16.7 Å². The fourth-order valence-electron chi connectivity index (χ4n) is 2.86.